The molecule has 1 aromatic heterocycles. The Hall–Kier alpha value is -2.07. The molecule has 0 saturated heterocycles. The summed E-state index contributed by atoms with van der Waals surface area (Å²) in [5, 5.41) is 3.51. The van der Waals surface area contributed by atoms with Gasteiger partial charge in [0.2, 0.25) is 0 Å². The van der Waals surface area contributed by atoms with Crippen molar-refractivity contribution in [3.63, 3.8) is 0 Å². The van der Waals surface area contributed by atoms with E-state index in [1.54, 1.807) is 50.6 Å². The minimum atomic E-state index is -0.162. The maximum absolute atomic E-state index is 12.5. The maximum atomic E-state index is 12.5. The van der Waals surface area contributed by atoms with Crippen LogP contribution in [0.4, 0.5) is 11.5 Å². The summed E-state index contributed by atoms with van der Waals surface area (Å²) in [7, 11) is 3.45. The van der Waals surface area contributed by atoms with Gasteiger partial charge in [-0.1, -0.05) is 17.7 Å². The largest absolute Gasteiger partial charge is 0.387 e. The topological polar surface area (TPSA) is 45.2 Å². The first-order chi connectivity index (χ1) is 9.13. The Morgan fingerprint density at radius 3 is 2.74 bits per heavy atom. The number of nitrogens with zero attached hydrogens (tertiary/aromatic N) is 2. The molecule has 0 bridgehead atoms. The fraction of sp³-hybridized carbons (Fsp3) is 0.143. The number of hydrogen-bond donors (Lipinski definition) is 1. The molecule has 1 amide bonds. The zero-order valence-corrected chi connectivity index (χ0v) is 11.5. The molecule has 1 heterocycles. The Kier molecular flexibility index (Phi) is 4.02. The molecule has 1 aromatic carbocycles. The first-order valence-corrected chi connectivity index (χ1v) is 6.17. The molecule has 19 heavy (non-hydrogen) atoms. The van der Waals surface area contributed by atoms with Crippen molar-refractivity contribution in [2.75, 3.05) is 24.3 Å². The Morgan fingerprint density at radius 2 is 2.11 bits per heavy atom. The zero-order chi connectivity index (χ0) is 13.8. The highest BCUT2D eigenvalue weighted by Crippen LogP contribution is 2.23. The van der Waals surface area contributed by atoms with Gasteiger partial charge < -0.3 is 5.32 Å². The monoisotopic (exact) mass is 275 g/mol. The van der Waals surface area contributed by atoms with Crippen LogP contribution in [0.25, 0.3) is 0 Å². The zero-order valence-electron chi connectivity index (χ0n) is 10.7. The molecule has 0 spiro atoms. The number of amides is 1. The van der Waals surface area contributed by atoms with Crippen molar-refractivity contribution in [3.8, 4) is 0 Å². The van der Waals surface area contributed by atoms with Gasteiger partial charge in [-0.25, -0.2) is 4.98 Å². The summed E-state index contributed by atoms with van der Waals surface area (Å²) in [4.78, 5) is 18.1. The molecule has 0 aliphatic carbocycles. The first-order valence-electron chi connectivity index (χ1n) is 5.80. The van der Waals surface area contributed by atoms with Gasteiger partial charge in [0.1, 0.15) is 5.82 Å². The number of pyridine rings is 1. The van der Waals surface area contributed by atoms with Crippen molar-refractivity contribution < 1.29 is 4.79 Å². The van der Waals surface area contributed by atoms with Crippen LogP contribution < -0.4 is 10.2 Å². The van der Waals surface area contributed by atoms with Crippen LogP contribution in [-0.4, -0.2) is 25.0 Å². The van der Waals surface area contributed by atoms with E-state index in [9.17, 15) is 4.79 Å². The van der Waals surface area contributed by atoms with Crippen LogP contribution in [0, 0.1) is 0 Å². The predicted octanol–water partition coefficient (Wildman–Crippen LogP) is 3.05. The average Bonchev–Trinajstić information content (AvgIpc) is 2.46. The molecule has 4 nitrogen and oxygen atoms in total. The molecule has 2 aromatic rings. The number of nitrogens with one attached hydrogen (secondary N) is 1. The Bertz CT molecular complexity index is 586. The number of halogens is 1. The lowest BCUT2D eigenvalue weighted by Crippen LogP contribution is -2.27. The summed E-state index contributed by atoms with van der Waals surface area (Å²) in [5.41, 5.74) is 1.25. The van der Waals surface area contributed by atoms with Crippen LogP contribution in [-0.2, 0) is 0 Å². The lowest BCUT2D eigenvalue weighted by atomic mass is 10.1. The van der Waals surface area contributed by atoms with Gasteiger partial charge in [-0.3, -0.25) is 9.69 Å². The summed E-state index contributed by atoms with van der Waals surface area (Å²) in [6.45, 7) is 0. The third-order valence-corrected chi connectivity index (χ3v) is 3.01. The molecule has 0 aliphatic rings. The third kappa shape index (κ3) is 2.85. The summed E-state index contributed by atoms with van der Waals surface area (Å²) >= 11 is 5.95. The fourth-order valence-corrected chi connectivity index (χ4v) is 1.92. The van der Waals surface area contributed by atoms with Gasteiger partial charge >= 0.3 is 0 Å². The highest BCUT2D eigenvalue weighted by molar-refractivity contribution is 6.31. The van der Waals surface area contributed by atoms with E-state index in [0.29, 0.717) is 16.4 Å². The van der Waals surface area contributed by atoms with Crippen molar-refractivity contribution in [2.24, 2.45) is 0 Å². The van der Waals surface area contributed by atoms with Crippen molar-refractivity contribution in [1.82, 2.24) is 4.98 Å². The molecule has 0 atom stereocenters. The van der Waals surface area contributed by atoms with Gasteiger partial charge in [0.25, 0.3) is 5.91 Å². The number of benzene rings is 1. The number of carbonyl (C=O) groups is 1. The second-order valence-electron chi connectivity index (χ2n) is 3.99. The van der Waals surface area contributed by atoms with Crippen molar-refractivity contribution in [3.05, 3.63) is 53.2 Å². The summed E-state index contributed by atoms with van der Waals surface area (Å²) in [5.74, 6) is 0.431. The van der Waals surface area contributed by atoms with E-state index in [1.165, 1.54) is 4.90 Å². The number of rotatable bonds is 3. The Labute approximate surface area is 117 Å². The summed E-state index contributed by atoms with van der Waals surface area (Å²) < 4.78 is 0. The number of aromatic nitrogens is 1. The van der Waals surface area contributed by atoms with E-state index >= 15 is 0 Å². The van der Waals surface area contributed by atoms with E-state index in [1.807, 2.05) is 6.07 Å². The van der Waals surface area contributed by atoms with Gasteiger partial charge in [-0.15, -0.1) is 0 Å². The van der Waals surface area contributed by atoms with Gasteiger partial charge in [0, 0.05) is 31.0 Å². The highest BCUT2D eigenvalue weighted by atomic mass is 35.5. The minimum absolute atomic E-state index is 0.162. The molecule has 0 saturated carbocycles. The molecular weight excluding hydrogens is 262 g/mol. The predicted molar refractivity (Wildman–Crippen MR) is 78.0 cm³/mol. The lowest BCUT2D eigenvalue weighted by Gasteiger charge is -2.18. The van der Waals surface area contributed by atoms with E-state index in [2.05, 4.69) is 10.3 Å². The van der Waals surface area contributed by atoms with Crippen LogP contribution >= 0.6 is 11.6 Å². The number of carbonyl (C=O) groups excluding carboxylic acids is 1. The molecule has 0 aliphatic heterocycles. The molecule has 2 rings (SSSR count). The maximum Gasteiger partial charge on any atom is 0.261 e. The average molecular weight is 276 g/mol. The van der Waals surface area contributed by atoms with Crippen LogP contribution in [0.15, 0.2) is 42.6 Å². The lowest BCUT2D eigenvalue weighted by molar-refractivity contribution is 0.0993. The molecule has 1 N–H and O–H groups in total. The molecule has 0 radical (unpaired) electrons. The fourth-order valence-electron chi connectivity index (χ4n) is 1.75. The normalized spacial score (nSPS) is 10.1. The molecule has 0 fully saturated rings. The van der Waals surface area contributed by atoms with Crippen LogP contribution in [0.5, 0.6) is 0 Å². The second kappa shape index (κ2) is 5.71. The quantitative estimate of drug-likeness (QED) is 0.936. The Morgan fingerprint density at radius 1 is 1.32 bits per heavy atom. The van der Waals surface area contributed by atoms with E-state index in [0.717, 1.165) is 5.69 Å². The van der Waals surface area contributed by atoms with E-state index < -0.39 is 0 Å². The standard InChI is InChI=1S/C14H14ClN3O/c1-16-12-7-6-10(15)9-11(12)14(19)18(2)13-5-3-4-8-17-13/h3-9,16H,1-2H3. The Balaban J connectivity index is 2.37. The van der Waals surface area contributed by atoms with Gasteiger partial charge in [-0.2, -0.15) is 0 Å². The second-order valence-corrected chi connectivity index (χ2v) is 4.43. The van der Waals surface area contributed by atoms with Crippen molar-refractivity contribution in [2.45, 2.75) is 0 Å². The summed E-state index contributed by atoms with van der Waals surface area (Å²) in [6, 6.07) is 10.6. The SMILES string of the molecule is CNc1ccc(Cl)cc1C(=O)N(C)c1ccccn1. The molecule has 0 unspecified atom stereocenters. The smallest absolute Gasteiger partial charge is 0.261 e. The minimum Gasteiger partial charge on any atom is -0.387 e. The van der Waals surface area contributed by atoms with E-state index in [-0.39, 0.29) is 5.91 Å². The highest BCUT2D eigenvalue weighted by Gasteiger charge is 2.17. The number of anilines is 2. The van der Waals surface area contributed by atoms with E-state index in [4.69, 9.17) is 11.6 Å². The van der Waals surface area contributed by atoms with Crippen LogP contribution in [0.3, 0.4) is 0 Å². The molecule has 98 valence electrons. The molecule has 5 heteroatoms. The van der Waals surface area contributed by atoms with Crippen molar-refractivity contribution >= 4 is 29.0 Å². The van der Waals surface area contributed by atoms with Gasteiger partial charge in [-0.05, 0) is 30.3 Å². The van der Waals surface area contributed by atoms with Gasteiger partial charge in [0.05, 0.1) is 5.56 Å². The van der Waals surface area contributed by atoms with Crippen LogP contribution in [0.1, 0.15) is 10.4 Å². The van der Waals surface area contributed by atoms with Gasteiger partial charge in [0.15, 0.2) is 0 Å². The third-order valence-electron chi connectivity index (χ3n) is 2.78. The number of hydrogen-bond acceptors (Lipinski definition) is 3. The summed E-state index contributed by atoms with van der Waals surface area (Å²) in [6.07, 6.45) is 1.65. The van der Waals surface area contributed by atoms with Crippen molar-refractivity contribution in [1.29, 1.82) is 0 Å². The molecular formula is C14H14ClN3O. The first kappa shape index (κ1) is 13.4. The van der Waals surface area contributed by atoms with Crippen LogP contribution in [0.2, 0.25) is 5.02 Å².